The molecule has 0 saturated carbocycles. The summed E-state index contributed by atoms with van der Waals surface area (Å²) in [6.07, 6.45) is 5.61. The van der Waals surface area contributed by atoms with Crippen LogP contribution in [0.15, 0.2) is 66.7 Å². The maximum atomic E-state index is 10.8. The van der Waals surface area contributed by atoms with Crippen LogP contribution in [0.25, 0.3) is 10.8 Å². The van der Waals surface area contributed by atoms with E-state index < -0.39 is 0 Å². The molecule has 3 atom stereocenters. The molecule has 3 aromatic carbocycles. The summed E-state index contributed by atoms with van der Waals surface area (Å²) in [5.41, 5.74) is 3.43. The van der Waals surface area contributed by atoms with E-state index >= 15 is 0 Å². The quantitative estimate of drug-likeness (QED) is 0.510. The van der Waals surface area contributed by atoms with Gasteiger partial charge in [0, 0.05) is 17.2 Å². The Hall–Kier alpha value is -2.94. The minimum Gasteiger partial charge on any atom is -0.508 e. The first-order valence-corrected chi connectivity index (χ1v) is 10.5. The molecule has 5 rings (SSSR count). The Morgan fingerprint density at radius 3 is 2.83 bits per heavy atom. The van der Waals surface area contributed by atoms with Gasteiger partial charge in [-0.1, -0.05) is 56.3 Å². The maximum Gasteiger partial charge on any atom is 0.121 e. The lowest BCUT2D eigenvalue weighted by molar-refractivity contribution is 0.270. The highest BCUT2D eigenvalue weighted by molar-refractivity contribution is 5.89. The van der Waals surface area contributed by atoms with Crippen molar-refractivity contribution in [3.05, 3.63) is 77.9 Å². The fourth-order valence-corrected chi connectivity index (χ4v) is 4.82. The highest BCUT2D eigenvalue weighted by Crippen LogP contribution is 2.52. The highest BCUT2D eigenvalue weighted by atomic mass is 16.5. The van der Waals surface area contributed by atoms with Gasteiger partial charge in [0.1, 0.15) is 11.5 Å². The number of nitrogens with one attached hydrogen (secondary N) is 1. The van der Waals surface area contributed by atoms with Crippen LogP contribution < -0.4 is 10.1 Å². The van der Waals surface area contributed by atoms with E-state index in [2.05, 4.69) is 55.6 Å². The largest absolute Gasteiger partial charge is 0.508 e. The normalized spacial score (nSPS) is 22.4. The number of benzene rings is 3. The van der Waals surface area contributed by atoms with Crippen LogP contribution in [0, 0.1) is 11.8 Å². The molecule has 1 aliphatic carbocycles. The Bertz CT molecular complexity index is 1090. The van der Waals surface area contributed by atoms with E-state index in [-0.39, 0.29) is 6.04 Å². The predicted molar refractivity (Wildman–Crippen MR) is 119 cm³/mol. The number of anilines is 1. The van der Waals surface area contributed by atoms with Crippen molar-refractivity contribution in [1.29, 1.82) is 0 Å². The van der Waals surface area contributed by atoms with Crippen molar-refractivity contribution in [1.82, 2.24) is 0 Å². The number of rotatable bonds is 4. The zero-order valence-corrected chi connectivity index (χ0v) is 16.9. The molecule has 1 heterocycles. The van der Waals surface area contributed by atoms with Gasteiger partial charge in [0.05, 0.1) is 12.6 Å². The van der Waals surface area contributed by atoms with Gasteiger partial charge in [-0.05, 0) is 58.9 Å². The van der Waals surface area contributed by atoms with E-state index in [1.54, 1.807) is 0 Å². The summed E-state index contributed by atoms with van der Waals surface area (Å²) < 4.78 is 5.98. The molecule has 2 aliphatic rings. The molecule has 148 valence electrons. The molecule has 0 radical (unpaired) electrons. The standard InChI is InChI=1S/C26H27NO2/c1-16(2)15-29-18-11-12-23-22(14-18)20-8-5-9-21(20)26(27-23)25-19-7-4-3-6-17(19)10-13-24(25)28/h3-8,10-14,16,20-21,26-28H,9,15H2,1-2H3. The van der Waals surface area contributed by atoms with Crippen LogP contribution >= 0.6 is 0 Å². The number of fused-ring (bicyclic) bond motifs is 4. The molecule has 0 saturated heterocycles. The number of hydrogen-bond donors (Lipinski definition) is 2. The summed E-state index contributed by atoms with van der Waals surface area (Å²) in [5, 5.41) is 16.8. The van der Waals surface area contributed by atoms with Gasteiger partial charge < -0.3 is 15.2 Å². The van der Waals surface area contributed by atoms with E-state index in [4.69, 9.17) is 4.74 Å². The Labute approximate surface area is 172 Å². The first-order valence-electron chi connectivity index (χ1n) is 10.5. The van der Waals surface area contributed by atoms with Crippen LogP contribution in [-0.4, -0.2) is 11.7 Å². The SMILES string of the molecule is CC(C)COc1ccc2c(c1)C1C=CCC1C(c1c(O)ccc3ccccc13)N2. The van der Waals surface area contributed by atoms with Gasteiger partial charge in [-0.25, -0.2) is 0 Å². The molecule has 1 aliphatic heterocycles. The van der Waals surface area contributed by atoms with Crippen molar-refractivity contribution in [2.24, 2.45) is 11.8 Å². The van der Waals surface area contributed by atoms with Crippen LogP contribution in [0.2, 0.25) is 0 Å². The zero-order chi connectivity index (χ0) is 20.0. The predicted octanol–water partition coefficient (Wildman–Crippen LogP) is 6.41. The molecule has 0 amide bonds. The average molecular weight is 386 g/mol. The molecule has 3 heteroatoms. The Kier molecular flexibility index (Phi) is 4.46. The fraction of sp³-hybridized carbons (Fsp3) is 0.308. The summed E-state index contributed by atoms with van der Waals surface area (Å²) in [5.74, 6) is 2.51. The van der Waals surface area contributed by atoms with Crippen LogP contribution in [0.4, 0.5) is 5.69 Å². The molecule has 0 spiro atoms. The van der Waals surface area contributed by atoms with Gasteiger partial charge in [0.25, 0.3) is 0 Å². The number of ether oxygens (including phenoxy) is 1. The van der Waals surface area contributed by atoms with Gasteiger partial charge in [0.2, 0.25) is 0 Å². The molecule has 29 heavy (non-hydrogen) atoms. The Morgan fingerprint density at radius 2 is 1.97 bits per heavy atom. The first-order chi connectivity index (χ1) is 14.1. The van der Waals surface area contributed by atoms with E-state index in [0.29, 0.717) is 23.5 Å². The highest BCUT2D eigenvalue weighted by Gasteiger charge is 2.39. The van der Waals surface area contributed by atoms with Crippen molar-refractivity contribution in [2.45, 2.75) is 32.2 Å². The molecule has 0 bridgehead atoms. The lowest BCUT2D eigenvalue weighted by atomic mass is 9.76. The topological polar surface area (TPSA) is 41.5 Å². The van der Waals surface area contributed by atoms with Crippen LogP contribution in [0.3, 0.4) is 0 Å². The van der Waals surface area contributed by atoms with Crippen molar-refractivity contribution >= 4 is 16.5 Å². The Balaban J connectivity index is 1.57. The molecule has 3 aromatic rings. The fourth-order valence-electron chi connectivity index (χ4n) is 4.82. The zero-order valence-electron chi connectivity index (χ0n) is 16.9. The molecular formula is C26H27NO2. The number of phenolic OH excluding ortho intramolecular Hbond substituents is 1. The van der Waals surface area contributed by atoms with E-state index in [1.165, 1.54) is 5.56 Å². The number of aromatic hydroxyl groups is 1. The number of hydrogen-bond acceptors (Lipinski definition) is 3. The third-order valence-corrected chi connectivity index (χ3v) is 6.18. The van der Waals surface area contributed by atoms with E-state index in [9.17, 15) is 5.11 Å². The second-order valence-corrected chi connectivity index (χ2v) is 8.65. The summed E-state index contributed by atoms with van der Waals surface area (Å²) >= 11 is 0. The lowest BCUT2D eigenvalue weighted by Crippen LogP contribution is -2.29. The molecule has 3 unspecified atom stereocenters. The molecular weight excluding hydrogens is 358 g/mol. The van der Waals surface area contributed by atoms with Gasteiger partial charge in [-0.2, -0.15) is 0 Å². The smallest absolute Gasteiger partial charge is 0.121 e. The van der Waals surface area contributed by atoms with Crippen LogP contribution in [0.1, 0.15) is 43.4 Å². The second-order valence-electron chi connectivity index (χ2n) is 8.65. The van der Waals surface area contributed by atoms with Gasteiger partial charge in [0.15, 0.2) is 0 Å². The minimum atomic E-state index is 0.0658. The first kappa shape index (κ1) is 18.1. The van der Waals surface area contributed by atoms with Crippen molar-refractivity contribution < 1.29 is 9.84 Å². The molecule has 0 fully saturated rings. The molecule has 3 nitrogen and oxygen atoms in total. The number of phenols is 1. The number of allylic oxidation sites excluding steroid dienone is 2. The average Bonchev–Trinajstić information content (AvgIpc) is 3.22. The third-order valence-electron chi connectivity index (χ3n) is 6.18. The monoisotopic (exact) mass is 385 g/mol. The van der Waals surface area contributed by atoms with Crippen LogP contribution in [0.5, 0.6) is 11.5 Å². The summed E-state index contributed by atoms with van der Waals surface area (Å²) in [4.78, 5) is 0. The van der Waals surface area contributed by atoms with Gasteiger partial charge in [-0.15, -0.1) is 0 Å². The van der Waals surface area contributed by atoms with E-state index in [1.807, 2.05) is 30.3 Å². The lowest BCUT2D eigenvalue weighted by Gasteiger charge is -2.38. The summed E-state index contributed by atoms with van der Waals surface area (Å²) in [6, 6.07) is 18.6. The minimum absolute atomic E-state index is 0.0658. The van der Waals surface area contributed by atoms with Crippen LogP contribution in [-0.2, 0) is 0 Å². The molecule has 0 aromatic heterocycles. The van der Waals surface area contributed by atoms with Crippen molar-refractivity contribution in [3.8, 4) is 11.5 Å². The second kappa shape index (κ2) is 7.14. The third kappa shape index (κ3) is 3.15. The van der Waals surface area contributed by atoms with Crippen molar-refractivity contribution in [2.75, 3.05) is 11.9 Å². The van der Waals surface area contributed by atoms with Gasteiger partial charge >= 0.3 is 0 Å². The maximum absolute atomic E-state index is 10.8. The summed E-state index contributed by atoms with van der Waals surface area (Å²) in [6.45, 7) is 5.05. The Morgan fingerprint density at radius 1 is 1.10 bits per heavy atom. The summed E-state index contributed by atoms with van der Waals surface area (Å²) in [7, 11) is 0. The van der Waals surface area contributed by atoms with Crippen molar-refractivity contribution in [3.63, 3.8) is 0 Å². The van der Waals surface area contributed by atoms with Gasteiger partial charge in [-0.3, -0.25) is 0 Å². The van der Waals surface area contributed by atoms with E-state index in [0.717, 1.165) is 40.8 Å². The molecule has 2 N–H and O–H groups in total.